The van der Waals surface area contributed by atoms with Gasteiger partial charge < -0.3 is 4.42 Å². The van der Waals surface area contributed by atoms with Gasteiger partial charge in [-0.15, -0.1) is 10.2 Å². The van der Waals surface area contributed by atoms with Gasteiger partial charge in [-0.25, -0.2) is 0 Å². The third kappa shape index (κ3) is 3.32. The van der Waals surface area contributed by atoms with E-state index in [-0.39, 0.29) is 11.5 Å². The fraction of sp³-hybridized carbons (Fsp3) is 0.0500. The molecule has 128 valence electrons. The van der Waals surface area contributed by atoms with Crippen LogP contribution in [0, 0.1) is 0 Å². The van der Waals surface area contributed by atoms with E-state index < -0.39 is 0 Å². The van der Waals surface area contributed by atoms with E-state index in [0.29, 0.717) is 22.3 Å². The molecular weight excluding hydrogens is 346 g/mol. The van der Waals surface area contributed by atoms with Gasteiger partial charge in [0.1, 0.15) is 0 Å². The van der Waals surface area contributed by atoms with Crippen molar-refractivity contribution in [1.29, 1.82) is 0 Å². The third-order valence-electron chi connectivity index (χ3n) is 3.82. The highest BCUT2D eigenvalue weighted by atomic mass is 32.2. The molecule has 0 N–H and O–H groups in total. The van der Waals surface area contributed by atoms with Crippen LogP contribution in [0.1, 0.15) is 10.4 Å². The first-order chi connectivity index (χ1) is 12.8. The number of thioether (sulfide) groups is 1. The first-order valence-electron chi connectivity index (χ1n) is 8.09. The van der Waals surface area contributed by atoms with Gasteiger partial charge in [0.15, 0.2) is 16.7 Å². The minimum absolute atomic E-state index is 0.0535. The van der Waals surface area contributed by atoms with Crippen molar-refractivity contribution in [2.75, 3.05) is 5.75 Å². The monoisotopic (exact) mass is 361 g/mol. The molecule has 0 saturated carbocycles. The highest BCUT2D eigenvalue weighted by Gasteiger charge is 2.19. The van der Waals surface area contributed by atoms with Gasteiger partial charge in [-0.05, 0) is 24.3 Å². The Morgan fingerprint density at radius 3 is 2.35 bits per heavy atom. The predicted octanol–water partition coefficient (Wildman–Crippen LogP) is 4.50. The molecular formula is C20H15N3O2S. The number of benzene rings is 2. The molecule has 2 heterocycles. The van der Waals surface area contributed by atoms with Crippen molar-refractivity contribution in [3.8, 4) is 17.3 Å². The van der Waals surface area contributed by atoms with Gasteiger partial charge in [0.05, 0.1) is 12.0 Å². The summed E-state index contributed by atoms with van der Waals surface area (Å²) in [6, 6.07) is 22.7. The Morgan fingerprint density at radius 1 is 0.923 bits per heavy atom. The zero-order valence-electron chi connectivity index (χ0n) is 13.8. The Morgan fingerprint density at radius 2 is 1.65 bits per heavy atom. The first kappa shape index (κ1) is 16.4. The first-order valence-corrected chi connectivity index (χ1v) is 9.07. The average Bonchev–Trinajstić information content (AvgIpc) is 3.37. The van der Waals surface area contributed by atoms with Crippen LogP contribution in [0.15, 0.2) is 88.6 Å². The Kier molecular flexibility index (Phi) is 4.66. The van der Waals surface area contributed by atoms with Crippen LogP contribution >= 0.6 is 11.8 Å². The number of carbonyl (C=O) groups is 1. The molecule has 0 atom stereocenters. The van der Waals surface area contributed by atoms with Gasteiger partial charge >= 0.3 is 0 Å². The maximum absolute atomic E-state index is 12.4. The lowest BCUT2D eigenvalue weighted by Gasteiger charge is -2.08. The predicted molar refractivity (Wildman–Crippen MR) is 101 cm³/mol. The van der Waals surface area contributed by atoms with Crippen LogP contribution in [0.25, 0.3) is 17.3 Å². The van der Waals surface area contributed by atoms with E-state index in [9.17, 15) is 4.79 Å². The van der Waals surface area contributed by atoms with Crippen LogP contribution in [-0.2, 0) is 0 Å². The number of Topliss-reactive ketones (excluding diaryl/α,β-unsaturated/α-hetero) is 1. The zero-order valence-corrected chi connectivity index (χ0v) is 14.6. The van der Waals surface area contributed by atoms with Crippen molar-refractivity contribution in [3.05, 3.63) is 84.6 Å². The molecule has 0 amide bonds. The van der Waals surface area contributed by atoms with E-state index in [4.69, 9.17) is 4.42 Å². The molecule has 0 radical (unpaired) electrons. The summed E-state index contributed by atoms with van der Waals surface area (Å²) in [5.74, 6) is 1.57. The van der Waals surface area contributed by atoms with Crippen molar-refractivity contribution in [2.24, 2.45) is 0 Å². The number of hydrogen-bond acceptors (Lipinski definition) is 5. The third-order valence-corrected chi connectivity index (χ3v) is 4.75. The molecule has 26 heavy (non-hydrogen) atoms. The smallest absolute Gasteiger partial charge is 0.205 e. The molecule has 6 heteroatoms. The minimum Gasteiger partial charge on any atom is -0.461 e. The summed E-state index contributed by atoms with van der Waals surface area (Å²) in [6.45, 7) is 0. The lowest BCUT2D eigenvalue weighted by molar-refractivity contribution is 0.102. The van der Waals surface area contributed by atoms with E-state index in [0.717, 1.165) is 5.69 Å². The summed E-state index contributed by atoms with van der Waals surface area (Å²) in [5, 5.41) is 9.20. The second-order valence-electron chi connectivity index (χ2n) is 5.53. The quantitative estimate of drug-likeness (QED) is 0.374. The van der Waals surface area contributed by atoms with E-state index in [1.165, 1.54) is 11.8 Å². The number of rotatable bonds is 6. The van der Waals surface area contributed by atoms with Crippen LogP contribution in [0.2, 0.25) is 0 Å². The summed E-state index contributed by atoms with van der Waals surface area (Å²) >= 11 is 1.36. The topological polar surface area (TPSA) is 60.9 Å². The van der Waals surface area contributed by atoms with Crippen LogP contribution in [0.4, 0.5) is 0 Å². The summed E-state index contributed by atoms with van der Waals surface area (Å²) in [7, 11) is 0. The highest BCUT2D eigenvalue weighted by Crippen LogP contribution is 2.28. The number of furan rings is 1. The molecule has 0 saturated heterocycles. The molecule has 0 unspecified atom stereocenters. The van der Waals surface area contributed by atoms with E-state index in [2.05, 4.69) is 10.2 Å². The summed E-state index contributed by atoms with van der Waals surface area (Å²) in [5.41, 5.74) is 1.61. The molecule has 0 spiro atoms. The number of hydrogen-bond donors (Lipinski definition) is 0. The number of ketones is 1. The van der Waals surface area contributed by atoms with Gasteiger partial charge in [-0.1, -0.05) is 60.3 Å². The Labute approximate surface area is 154 Å². The number of carbonyl (C=O) groups excluding carboxylic acids is 1. The molecule has 2 aromatic carbocycles. The summed E-state index contributed by atoms with van der Waals surface area (Å²) in [4.78, 5) is 12.4. The van der Waals surface area contributed by atoms with Crippen molar-refractivity contribution in [3.63, 3.8) is 0 Å². The molecule has 4 rings (SSSR count). The lowest BCUT2D eigenvalue weighted by Crippen LogP contribution is -2.04. The normalized spacial score (nSPS) is 10.8. The zero-order chi connectivity index (χ0) is 17.8. The molecule has 2 aromatic heterocycles. The van der Waals surface area contributed by atoms with Crippen molar-refractivity contribution >= 4 is 17.5 Å². The van der Waals surface area contributed by atoms with Crippen molar-refractivity contribution in [1.82, 2.24) is 14.8 Å². The molecule has 0 aliphatic carbocycles. The Balaban J connectivity index is 1.65. The summed E-state index contributed by atoms with van der Waals surface area (Å²) < 4.78 is 7.39. The Bertz CT molecular complexity index is 996. The second-order valence-corrected chi connectivity index (χ2v) is 6.47. The van der Waals surface area contributed by atoms with Gasteiger partial charge in [0.2, 0.25) is 5.82 Å². The van der Waals surface area contributed by atoms with Crippen LogP contribution in [0.5, 0.6) is 0 Å². The molecule has 4 aromatic rings. The standard InChI is InChI=1S/C20H15N3O2S/c24-17(15-8-3-1-4-9-15)14-26-20-22-21-19(18-12-7-13-25-18)23(20)16-10-5-2-6-11-16/h1-13H,14H2. The van der Waals surface area contributed by atoms with Crippen LogP contribution < -0.4 is 0 Å². The maximum Gasteiger partial charge on any atom is 0.205 e. The van der Waals surface area contributed by atoms with Crippen LogP contribution in [-0.4, -0.2) is 26.3 Å². The molecule has 0 aliphatic rings. The van der Waals surface area contributed by atoms with Crippen molar-refractivity contribution in [2.45, 2.75) is 5.16 Å². The van der Waals surface area contributed by atoms with E-state index in [1.807, 2.05) is 77.4 Å². The van der Waals surface area contributed by atoms with Crippen molar-refractivity contribution < 1.29 is 9.21 Å². The molecule has 0 aliphatic heterocycles. The van der Waals surface area contributed by atoms with Gasteiger partial charge in [0, 0.05) is 11.3 Å². The van der Waals surface area contributed by atoms with Crippen LogP contribution in [0.3, 0.4) is 0 Å². The maximum atomic E-state index is 12.4. The second kappa shape index (κ2) is 7.41. The minimum atomic E-state index is 0.0535. The van der Waals surface area contributed by atoms with Gasteiger partial charge in [0.25, 0.3) is 0 Å². The molecule has 5 nitrogen and oxygen atoms in total. The highest BCUT2D eigenvalue weighted by molar-refractivity contribution is 7.99. The van der Waals surface area contributed by atoms with E-state index >= 15 is 0 Å². The number of aromatic nitrogens is 3. The summed E-state index contributed by atoms with van der Waals surface area (Å²) in [6.07, 6.45) is 1.60. The molecule has 0 bridgehead atoms. The fourth-order valence-electron chi connectivity index (χ4n) is 2.58. The SMILES string of the molecule is O=C(CSc1nnc(-c2ccco2)n1-c1ccccc1)c1ccccc1. The number of nitrogens with zero attached hydrogens (tertiary/aromatic N) is 3. The fourth-order valence-corrected chi connectivity index (χ4v) is 3.42. The molecule has 0 fully saturated rings. The Hall–Kier alpha value is -3.12. The van der Waals surface area contributed by atoms with Gasteiger partial charge in [-0.3, -0.25) is 9.36 Å². The largest absolute Gasteiger partial charge is 0.461 e. The average molecular weight is 361 g/mol. The van der Waals surface area contributed by atoms with E-state index in [1.54, 1.807) is 6.26 Å². The number of para-hydroxylation sites is 1. The lowest BCUT2D eigenvalue weighted by atomic mass is 10.2. The van der Waals surface area contributed by atoms with Gasteiger partial charge in [-0.2, -0.15) is 0 Å².